The fraction of sp³-hybridized carbons (Fsp3) is 0.474. The van der Waals surface area contributed by atoms with Gasteiger partial charge in [-0.1, -0.05) is 19.9 Å². The second-order valence-corrected chi connectivity index (χ2v) is 7.59. The molecule has 142 valence electrons. The van der Waals surface area contributed by atoms with E-state index in [4.69, 9.17) is 4.74 Å². The monoisotopic (exact) mass is 363 g/mol. The molecular formula is C19H26FN3O3. The number of hydrogen-bond donors (Lipinski definition) is 3. The molecule has 0 fully saturated rings. The van der Waals surface area contributed by atoms with Gasteiger partial charge in [-0.25, -0.2) is 9.18 Å². The highest BCUT2D eigenvalue weighted by Crippen LogP contribution is 2.18. The number of ether oxygens (including phenoxy) is 1. The number of fused-ring (bicyclic) bond motifs is 1. The predicted molar refractivity (Wildman–Crippen MR) is 98.6 cm³/mol. The number of benzene rings is 1. The minimum atomic E-state index is -0.594. The lowest BCUT2D eigenvalue weighted by Crippen LogP contribution is -2.48. The summed E-state index contributed by atoms with van der Waals surface area (Å²) in [6.07, 6.45) is -0.530. The molecular weight excluding hydrogens is 337 g/mol. The van der Waals surface area contributed by atoms with Crippen LogP contribution in [0, 0.1) is 11.7 Å². The van der Waals surface area contributed by atoms with E-state index in [1.165, 1.54) is 12.1 Å². The third-order valence-corrected chi connectivity index (χ3v) is 3.84. The Hall–Kier alpha value is -2.57. The van der Waals surface area contributed by atoms with Gasteiger partial charge in [0.15, 0.2) is 0 Å². The van der Waals surface area contributed by atoms with Crippen LogP contribution in [0.15, 0.2) is 24.3 Å². The van der Waals surface area contributed by atoms with E-state index in [9.17, 15) is 14.0 Å². The minimum absolute atomic E-state index is 0.0861. The summed E-state index contributed by atoms with van der Waals surface area (Å²) in [6, 6.07) is 5.81. The maximum absolute atomic E-state index is 13.7. The van der Waals surface area contributed by atoms with Crippen molar-refractivity contribution in [1.82, 2.24) is 15.6 Å². The summed E-state index contributed by atoms with van der Waals surface area (Å²) >= 11 is 0. The lowest BCUT2D eigenvalue weighted by Gasteiger charge is -2.26. The van der Waals surface area contributed by atoms with E-state index in [1.807, 2.05) is 13.8 Å². The lowest BCUT2D eigenvalue weighted by atomic mass is 10.0. The van der Waals surface area contributed by atoms with Gasteiger partial charge in [0.25, 0.3) is 5.91 Å². The number of nitrogens with one attached hydrogen (secondary N) is 3. The molecule has 26 heavy (non-hydrogen) atoms. The molecule has 1 heterocycles. The smallest absolute Gasteiger partial charge is 0.407 e. The molecule has 0 aliphatic carbocycles. The van der Waals surface area contributed by atoms with Gasteiger partial charge in [-0.15, -0.1) is 0 Å². The molecule has 2 aromatic rings. The molecule has 7 heteroatoms. The zero-order valence-corrected chi connectivity index (χ0v) is 15.8. The third kappa shape index (κ3) is 5.21. The highest BCUT2D eigenvalue weighted by molar-refractivity contribution is 5.98. The number of H-pyrrole nitrogens is 1. The molecule has 0 radical (unpaired) electrons. The molecule has 0 aliphatic heterocycles. The summed E-state index contributed by atoms with van der Waals surface area (Å²) in [5, 5.41) is 5.90. The Morgan fingerprint density at radius 3 is 2.54 bits per heavy atom. The van der Waals surface area contributed by atoms with Gasteiger partial charge in [0.1, 0.15) is 17.1 Å². The van der Waals surface area contributed by atoms with Crippen LogP contribution in [0.2, 0.25) is 0 Å². The first kappa shape index (κ1) is 19.8. The molecule has 0 spiro atoms. The molecule has 0 saturated heterocycles. The maximum atomic E-state index is 13.7. The molecule has 2 amide bonds. The van der Waals surface area contributed by atoms with Gasteiger partial charge in [0.2, 0.25) is 0 Å². The van der Waals surface area contributed by atoms with Crippen LogP contribution in [0.3, 0.4) is 0 Å². The SMILES string of the molecule is CC(C)C(CNC(=O)c1cc2c(F)cccc2[nH]1)NC(=O)OC(C)(C)C. The Morgan fingerprint density at radius 1 is 1.27 bits per heavy atom. The number of aromatic nitrogens is 1. The van der Waals surface area contributed by atoms with Gasteiger partial charge in [-0.2, -0.15) is 0 Å². The Morgan fingerprint density at radius 2 is 1.96 bits per heavy atom. The molecule has 0 bridgehead atoms. The van der Waals surface area contributed by atoms with Gasteiger partial charge in [0, 0.05) is 17.4 Å². The van der Waals surface area contributed by atoms with E-state index in [0.717, 1.165) is 0 Å². The third-order valence-electron chi connectivity index (χ3n) is 3.84. The topological polar surface area (TPSA) is 83.2 Å². The van der Waals surface area contributed by atoms with Crippen LogP contribution < -0.4 is 10.6 Å². The van der Waals surface area contributed by atoms with Crippen molar-refractivity contribution in [3.63, 3.8) is 0 Å². The zero-order chi connectivity index (χ0) is 19.5. The quantitative estimate of drug-likeness (QED) is 0.759. The van der Waals surface area contributed by atoms with Crippen LogP contribution in [0.25, 0.3) is 10.9 Å². The van der Waals surface area contributed by atoms with E-state index in [-0.39, 0.29) is 35.9 Å². The van der Waals surface area contributed by atoms with Crippen molar-refractivity contribution in [3.8, 4) is 0 Å². The average Bonchev–Trinajstić information content (AvgIpc) is 2.94. The van der Waals surface area contributed by atoms with E-state index < -0.39 is 11.7 Å². The number of halogens is 1. The van der Waals surface area contributed by atoms with Crippen LogP contribution in [-0.2, 0) is 4.74 Å². The first-order valence-electron chi connectivity index (χ1n) is 8.62. The molecule has 2 rings (SSSR count). The second kappa shape index (κ2) is 7.76. The first-order valence-corrected chi connectivity index (χ1v) is 8.62. The Kier molecular flexibility index (Phi) is 5.90. The van der Waals surface area contributed by atoms with Crippen molar-refractivity contribution >= 4 is 22.9 Å². The number of aromatic amines is 1. The van der Waals surface area contributed by atoms with Gasteiger partial charge >= 0.3 is 6.09 Å². The van der Waals surface area contributed by atoms with Crippen molar-refractivity contribution in [1.29, 1.82) is 0 Å². The largest absolute Gasteiger partial charge is 0.444 e. The molecule has 1 unspecified atom stereocenters. The summed E-state index contributed by atoms with van der Waals surface area (Å²) in [5.41, 5.74) is 0.232. The van der Waals surface area contributed by atoms with E-state index in [1.54, 1.807) is 32.9 Å². The molecule has 1 aromatic carbocycles. The number of amides is 2. The lowest BCUT2D eigenvalue weighted by molar-refractivity contribution is 0.0487. The summed E-state index contributed by atoms with van der Waals surface area (Å²) in [6.45, 7) is 9.46. The summed E-state index contributed by atoms with van der Waals surface area (Å²) in [4.78, 5) is 27.2. The summed E-state index contributed by atoms with van der Waals surface area (Å²) < 4.78 is 19.0. The van der Waals surface area contributed by atoms with E-state index >= 15 is 0 Å². The van der Waals surface area contributed by atoms with Crippen molar-refractivity contribution in [3.05, 3.63) is 35.8 Å². The molecule has 3 N–H and O–H groups in total. The van der Waals surface area contributed by atoms with Crippen LogP contribution in [0.1, 0.15) is 45.1 Å². The Bertz CT molecular complexity index is 793. The number of rotatable bonds is 5. The number of alkyl carbamates (subject to hydrolysis) is 1. The Labute approximate surface area is 152 Å². The van der Waals surface area contributed by atoms with Crippen LogP contribution in [0.4, 0.5) is 9.18 Å². The number of carbonyl (C=O) groups is 2. The summed E-state index contributed by atoms with van der Waals surface area (Å²) in [5.74, 6) is -0.662. The summed E-state index contributed by atoms with van der Waals surface area (Å²) in [7, 11) is 0. The molecule has 1 aromatic heterocycles. The van der Waals surface area contributed by atoms with E-state index in [0.29, 0.717) is 10.9 Å². The van der Waals surface area contributed by atoms with Crippen LogP contribution in [0.5, 0.6) is 0 Å². The fourth-order valence-corrected chi connectivity index (χ4v) is 2.45. The molecule has 0 saturated carbocycles. The van der Waals surface area contributed by atoms with Gasteiger partial charge in [0.05, 0.1) is 6.04 Å². The normalized spacial score (nSPS) is 12.9. The second-order valence-electron chi connectivity index (χ2n) is 7.59. The molecule has 0 aliphatic rings. The first-order chi connectivity index (χ1) is 12.1. The zero-order valence-electron chi connectivity index (χ0n) is 15.8. The van der Waals surface area contributed by atoms with Crippen LogP contribution in [-0.4, -0.2) is 35.2 Å². The fourth-order valence-electron chi connectivity index (χ4n) is 2.45. The average molecular weight is 363 g/mol. The highest BCUT2D eigenvalue weighted by atomic mass is 19.1. The number of carbonyl (C=O) groups excluding carboxylic acids is 2. The van der Waals surface area contributed by atoms with Gasteiger partial charge in [-0.05, 0) is 44.9 Å². The standard InChI is InChI=1S/C19H26FN3O3/c1-11(2)16(23-18(25)26-19(3,4)5)10-21-17(24)15-9-12-13(20)7-6-8-14(12)22-15/h6-9,11,16,22H,10H2,1-5H3,(H,21,24)(H,23,25). The molecule has 1 atom stereocenters. The maximum Gasteiger partial charge on any atom is 0.407 e. The predicted octanol–water partition coefficient (Wildman–Crippen LogP) is 3.59. The Balaban J connectivity index is 2.00. The van der Waals surface area contributed by atoms with Crippen molar-refractivity contribution in [2.75, 3.05) is 6.54 Å². The number of hydrogen-bond acceptors (Lipinski definition) is 3. The minimum Gasteiger partial charge on any atom is -0.444 e. The van der Waals surface area contributed by atoms with Gasteiger partial charge in [-0.3, -0.25) is 4.79 Å². The van der Waals surface area contributed by atoms with Crippen molar-refractivity contribution in [2.24, 2.45) is 5.92 Å². The highest BCUT2D eigenvalue weighted by Gasteiger charge is 2.22. The van der Waals surface area contributed by atoms with Crippen molar-refractivity contribution < 1.29 is 18.7 Å². The van der Waals surface area contributed by atoms with Crippen LogP contribution >= 0.6 is 0 Å². The van der Waals surface area contributed by atoms with E-state index in [2.05, 4.69) is 15.6 Å². The van der Waals surface area contributed by atoms with Crippen molar-refractivity contribution in [2.45, 2.75) is 46.3 Å². The molecule has 6 nitrogen and oxygen atoms in total. The van der Waals surface area contributed by atoms with Gasteiger partial charge < -0.3 is 20.4 Å².